The van der Waals surface area contributed by atoms with E-state index in [1.165, 1.54) is 16.5 Å². The number of rotatable bonds is 5. The standard InChI is InChI=1S/C14H19N3O/c1-17-10-11(6-7-14(18)16-9-8-15)12-4-2-3-5-13(12)17/h2-5,10H,6-9,15H2,1H3,(H,16,18). The zero-order valence-electron chi connectivity index (χ0n) is 10.6. The van der Waals surface area contributed by atoms with Crippen molar-refractivity contribution in [3.63, 3.8) is 0 Å². The van der Waals surface area contributed by atoms with Crippen LogP contribution in [0.25, 0.3) is 10.9 Å². The van der Waals surface area contributed by atoms with E-state index in [1.54, 1.807) is 0 Å². The first-order chi connectivity index (χ1) is 8.72. The summed E-state index contributed by atoms with van der Waals surface area (Å²) in [4.78, 5) is 11.5. The summed E-state index contributed by atoms with van der Waals surface area (Å²) in [6, 6.07) is 8.25. The van der Waals surface area contributed by atoms with Gasteiger partial charge in [0.15, 0.2) is 0 Å². The molecule has 0 fully saturated rings. The van der Waals surface area contributed by atoms with Gasteiger partial charge in [0.1, 0.15) is 0 Å². The second kappa shape index (κ2) is 5.69. The third-order valence-corrected chi connectivity index (χ3v) is 3.07. The Morgan fingerprint density at radius 1 is 1.39 bits per heavy atom. The molecule has 3 N–H and O–H groups in total. The van der Waals surface area contributed by atoms with Crippen molar-refractivity contribution in [1.82, 2.24) is 9.88 Å². The number of amides is 1. The number of fused-ring (bicyclic) bond motifs is 1. The highest BCUT2D eigenvalue weighted by Crippen LogP contribution is 2.21. The lowest BCUT2D eigenvalue weighted by atomic mass is 10.1. The monoisotopic (exact) mass is 245 g/mol. The van der Waals surface area contributed by atoms with Gasteiger partial charge in [-0.15, -0.1) is 0 Å². The number of hydrogen-bond donors (Lipinski definition) is 2. The minimum absolute atomic E-state index is 0.0633. The van der Waals surface area contributed by atoms with Crippen LogP contribution < -0.4 is 11.1 Å². The van der Waals surface area contributed by atoms with E-state index in [9.17, 15) is 4.79 Å². The van der Waals surface area contributed by atoms with Gasteiger partial charge >= 0.3 is 0 Å². The maximum absolute atomic E-state index is 11.5. The fourth-order valence-electron chi connectivity index (χ4n) is 2.17. The number of carbonyl (C=O) groups excluding carboxylic acids is 1. The number of carbonyl (C=O) groups is 1. The van der Waals surface area contributed by atoms with Crippen LogP contribution in [0.15, 0.2) is 30.5 Å². The number of nitrogens with zero attached hydrogens (tertiary/aromatic N) is 1. The van der Waals surface area contributed by atoms with E-state index in [4.69, 9.17) is 5.73 Å². The molecule has 4 nitrogen and oxygen atoms in total. The lowest BCUT2D eigenvalue weighted by molar-refractivity contribution is -0.120. The van der Waals surface area contributed by atoms with Crippen LogP contribution in [0.3, 0.4) is 0 Å². The zero-order valence-corrected chi connectivity index (χ0v) is 10.6. The summed E-state index contributed by atoms with van der Waals surface area (Å²) in [5, 5.41) is 4.02. The van der Waals surface area contributed by atoms with Crippen molar-refractivity contribution in [3.8, 4) is 0 Å². The van der Waals surface area contributed by atoms with Crippen LogP contribution in [-0.4, -0.2) is 23.6 Å². The normalized spacial score (nSPS) is 10.8. The van der Waals surface area contributed by atoms with Crippen LogP contribution in [0.2, 0.25) is 0 Å². The number of para-hydroxylation sites is 1. The predicted molar refractivity (Wildman–Crippen MR) is 73.3 cm³/mol. The summed E-state index contributed by atoms with van der Waals surface area (Å²) in [7, 11) is 2.03. The predicted octanol–water partition coefficient (Wildman–Crippen LogP) is 1.19. The topological polar surface area (TPSA) is 60.0 Å². The quantitative estimate of drug-likeness (QED) is 0.831. The number of nitrogens with two attached hydrogens (primary N) is 1. The van der Waals surface area contributed by atoms with Crippen molar-refractivity contribution in [2.45, 2.75) is 12.8 Å². The molecule has 0 bridgehead atoms. The number of hydrogen-bond acceptors (Lipinski definition) is 2. The third kappa shape index (κ3) is 2.71. The lowest BCUT2D eigenvalue weighted by Crippen LogP contribution is -2.29. The van der Waals surface area contributed by atoms with E-state index >= 15 is 0 Å². The number of nitrogens with one attached hydrogen (secondary N) is 1. The Hall–Kier alpha value is -1.81. The minimum atomic E-state index is 0.0633. The number of aryl methyl sites for hydroxylation is 2. The average molecular weight is 245 g/mol. The van der Waals surface area contributed by atoms with Gasteiger partial charge in [-0.25, -0.2) is 0 Å². The van der Waals surface area contributed by atoms with E-state index < -0.39 is 0 Å². The number of aromatic nitrogens is 1. The van der Waals surface area contributed by atoms with Crippen LogP contribution in [0.4, 0.5) is 0 Å². The summed E-state index contributed by atoms with van der Waals surface area (Å²) in [6.07, 6.45) is 3.37. The van der Waals surface area contributed by atoms with Crippen molar-refractivity contribution in [2.75, 3.05) is 13.1 Å². The molecule has 0 atom stereocenters. The Balaban J connectivity index is 2.06. The highest BCUT2D eigenvalue weighted by atomic mass is 16.1. The summed E-state index contributed by atoms with van der Waals surface area (Å²) in [5.41, 5.74) is 7.77. The molecule has 0 spiro atoms. The molecule has 1 aromatic carbocycles. The van der Waals surface area contributed by atoms with Gasteiger partial charge in [-0.1, -0.05) is 18.2 Å². The molecule has 1 amide bonds. The van der Waals surface area contributed by atoms with Gasteiger partial charge in [0.2, 0.25) is 5.91 Å². The van der Waals surface area contributed by atoms with Gasteiger partial charge in [0.25, 0.3) is 0 Å². The molecule has 0 aliphatic rings. The van der Waals surface area contributed by atoms with Crippen LogP contribution in [0, 0.1) is 0 Å². The van der Waals surface area contributed by atoms with Crippen molar-refractivity contribution in [1.29, 1.82) is 0 Å². The van der Waals surface area contributed by atoms with Crippen molar-refractivity contribution < 1.29 is 4.79 Å². The average Bonchev–Trinajstić information content (AvgIpc) is 2.71. The van der Waals surface area contributed by atoms with Crippen LogP contribution >= 0.6 is 0 Å². The zero-order chi connectivity index (χ0) is 13.0. The molecular weight excluding hydrogens is 226 g/mol. The van der Waals surface area contributed by atoms with Gasteiger partial charge in [-0.2, -0.15) is 0 Å². The minimum Gasteiger partial charge on any atom is -0.355 e. The molecule has 2 aromatic rings. The lowest BCUT2D eigenvalue weighted by Gasteiger charge is -2.02. The third-order valence-electron chi connectivity index (χ3n) is 3.07. The van der Waals surface area contributed by atoms with E-state index in [-0.39, 0.29) is 5.91 Å². The first-order valence-electron chi connectivity index (χ1n) is 6.22. The second-order valence-electron chi connectivity index (χ2n) is 4.42. The summed E-state index contributed by atoms with van der Waals surface area (Å²) in [6.45, 7) is 1.04. The van der Waals surface area contributed by atoms with Crippen LogP contribution in [-0.2, 0) is 18.3 Å². The van der Waals surface area contributed by atoms with Gasteiger partial charge in [-0.05, 0) is 18.1 Å². The molecule has 0 aliphatic carbocycles. The van der Waals surface area contributed by atoms with Crippen LogP contribution in [0.5, 0.6) is 0 Å². The van der Waals surface area contributed by atoms with E-state index in [1.807, 2.05) is 19.2 Å². The molecule has 0 saturated heterocycles. The SMILES string of the molecule is Cn1cc(CCC(=O)NCCN)c2ccccc21. The molecule has 96 valence electrons. The molecule has 0 aliphatic heterocycles. The largest absolute Gasteiger partial charge is 0.355 e. The summed E-state index contributed by atoms with van der Waals surface area (Å²) in [5.74, 6) is 0.0633. The first-order valence-corrected chi connectivity index (χ1v) is 6.22. The highest BCUT2D eigenvalue weighted by Gasteiger charge is 2.07. The van der Waals surface area contributed by atoms with E-state index in [0.717, 1.165) is 6.42 Å². The molecule has 1 heterocycles. The Morgan fingerprint density at radius 3 is 2.94 bits per heavy atom. The molecule has 0 unspecified atom stereocenters. The molecule has 2 rings (SSSR count). The maximum atomic E-state index is 11.5. The van der Waals surface area contributed by atoms with Crippen molar-refractivity contribution in [3.05, 3.63) is 36.0 Å². The van der Waals surface area contributed by atoms with Crippen molar-refractivity contribution >= 4 is 16.8 Å². The molecule has 18 heavy (non-hydrogen) atoms. The first kappa shape index (κ1) is 12.6. The Kier molecular flexibility index (Phi) is 3.99. The fourth-order valence-corrected chi connectivity index (χ4v) is 2.17. The van der Waals surface area contributed by atoms with Gasteiger partial charge in [-0.3, -0.25) is 4.79 Å². The Labute approximate surface area is 107 Å². The van der Waals surface area contributed by atoms with Gasteiger partial charge in [0, 0.05) is 43.7 Å². The fraction of sp³-hybridized carbons (Fsp3) is 0.357. The molecule has 0 saturated carbocycles. The summed E-state index contributed by atoms with van der Waals surface area (Å²) >= 11 is 0. The maximum Gasteiger partial charge on any atom is 0.220 e. The van der Waals surface area contributed by atoms with Crippen molar-refractivity contribution in [2.24, 2.45) is 12.8 Å². The Morgan fingerprint density at radius 2 is 2.17 bits per heavy atom. The van der Waals surface area contributed by atoms with Gasteiger partial charge in [0.05, 0.1) is 0 Å². The smallest absolute Gasteiger partial charge is 0.220 e. The Bertz CT molecular complexity index is 545. The van der Waals surface area contributed by atoms with Gasteiger partial charge < -0.3 is 15.6 Å². The van der Waals surface area contributed by atoms with Crippen LogP contribution in [0.1, 0.15) is 12.0 Å². The molecule has 4 heteroatoms. The molecule has 1 aromatic heterocycles. The molecular formula is C14H19N3O. The second-order valence-corrected chi connectivity index (χ2v) is 4.42. The van der Waals surface area contributed by atoms with E-state index in [2.05, 4.69) is 28.2 Å². The van der Waals surface area contributed by atoms with E-state index in [0.29, 0.717) is 19.5 Å². The highest BCUT2D eigenvalue weighted by molar-refractivity contribution is 5.84. The molecule has 0 radical (unpaired) electrons. The summed E-state index contributed by atoms with van der Waals surface area (Å²) < 4.78 is 2.10. The number of benzene rings is 1.